The van der Waals surface area contributed by atoms with Gasteiger partial charge in [0.15, 0.2) is 0 Å². The predicted octanol–water partition coefficient (Wildman–Crippen LogP) is 3.56. The monoisotopic (exact) mass is 357 g/mol. The van der Waals surface area contributed by atoms with Gasteiger partial charge in [-0.15, -0.1) is 11.8 Å². The van der Waals surface area contributed by atoms with E-state index in [1.165, 1.54) is 0 Å². The van der Waals surface area contributed by atoms with E-state index in [2.05, 4.69) is 10.3 Å². The first-order valence-corrected chi connectivity index (χ1v) is 9.46. The van der Waals surface area contributed by atoms with Gasteiger partial charge in [-0.25, -0.2) is 9.78 Å². The minimum absolute atomic E-state index is 0.00643. The Morgan fingerprint density at radius 1 is 1.32 bits per heavy atom. The van der Waals surface area contributed by atoms with Crippen LogP contribution in [0.1, 0.15) is 18.4 Å². The van der Waals surface area contributed by atoms with Gasteiger partial charge in [-0.2, -0.15) is 0 Å². The maximum atomic E-state index is 12.6. The van der Waals surface area contributed by atoms with E-state index in [4.69, 9.17) is 4.74 Å². The maximum Gasteiger partial charge on any atom is 0.317 e. The molecule has 3 rings (SSSR count). The SMILES string of the molecule is COc1cccc(CN(C(=O)NCCSc2ccccn2)C2CC2)c1. The van der Waals surface area contributed by atoms with E-state index >= 15 is 0 Å². The van der Waals surface area contributed by atoms with E-state index in [1.807, 2.05) is 47.4 Å². The van der Waals surface area contributed by atoms with Crippen molar-refractivity contribution < 1.29 is 9.53 Å². The van der Waals surface area contributed by atoms with Crippen molar-refractivity contribution >= 4 is 17.8 Å². The first-order valence-electron chi connectivity index (χ1n) is 8.47. The summed E-state index contributed by atoms with van der Waals surface area (Å²) in [5.74, 6) is 1.63. The third-order valence-electron chi connectivity index (χ3n) is 4.00. The average molecular weight is 357 g/mol. The Bertz CT molecular complexity index is 692. The van der Waals surface area contributed by atoms with Gasteiger partial charge in [0.05, 0.1) is 12.1 Å². The lowest BCUT2D eigenvalue weighted by atomic mass is 10.2. The molecule has 2 amide bonds. The molecule has 5 nitrogen and oxygen atoms in total. The van der Waals surface area contributed by atoms with Crippen LogP contribution in [0.3, 0.4) is 0 Å². The van der Waals surface area contributed by atoms with Crippen molar-refractivity contribution in [2.45, 2.75) is 30.5 Å². The van der Waals surface area contributed by atoms with E-state index in [1.54, 1.807) is 25.1 Å². The highest BCUT2D eigenvalue weighted by Gasteiger charge is 2.32. The van der Waals surface area contributed by atoms with Crippen LogP contribution in [0.4, 0.5) is 4.79 Å². The van der Waals surface area contributed by atoms with Gasteiger partial charge in [0, 0.05) is 31.1 Å². The number of thioether (sulfide) groups is 1. The van der Waals surface area contributed by atoms with Gasteiger partial charge in [0.1, 0.15) is 5.75 Å². The third kappa shape index (κ3) is 5.39. The average Bonchev–Trinajstić information content (AvgIpc) is 3.49. The molecule has 0 spiro atoms. The lowest BCUT2D eigenvalue weighted by Gasteiger charge is -2.23. The highest BCUT2D eigenvalue weighted by atomic mass is 32.2. The van der Waals surface area contributed by atoms with Gasteiger partial charge in [-0.1, -0.05) is 18.2 Å². The number of rotatable bonds is 8. The summed E-state index contributed by atoms with van der Waals surface area (Å²) in [6.45, 7) is 1.24. The zero-order chi connectivity index (χ0) is 17.5. The smallest absolute Gasteiger partial charge is 0.317 e. The summed E-state index contributed by atoms with van der Waals surface area (Å²) >= 11 is 1.65. The van der Waals surface area contributed by atoms with Crippen molar-refractivity contribution in [2.75, 3.05) is 19.4 Å². The number of ether oxygens (including phenoxy) is 1. The molecular weight excluding hydrogens is 334 g/mol. The fraction of sp³-hybridized carbons (Fsp3) is 0.368. The van der Waals surface area contributed by atoms with Crippen LogP contribution in [-0.4, -0.2) is 41.4 Å². The molecule has 0 radical (unpaired) electrons. The molecular formula is C19H23N3O2S. The number of hydrogen-bond donors (Lipinski definition) is 1. The molecule has 1 aromatic heterocycles. The number of aromatic nitrogens is 1. The van der Waals surface area contributed by atoms with Gasteiger partial charge in [-0.3, -0.25) is 0 Å². The van der Waals surface area contributed by atoms with Gasteiger partial charge in [-0.05, 0) is 42.7 Å². The van der Waals surface area contributed by atoms with Crippen molar-refractivity contribution in [2.24, 2.45) is 0 Å². The molecule has 1 heterocycles. The van der Waals surface area contributed by atoms with E-state index < -0.39 is 0 Å². The highest BCUT2D eigenvalue weighted by Crippen LogP contribution is 2.29. The number of carbonyl (C=O) groups is 1. The molecule has 1 aliphatic rings. The van der Waals surface area contributed by atoms with Crippen LogP contribution >= 0.6 is 11.8 Å². The standard InChI is InChI=1S/C19H23N3O2S/c1-24-17-6-4-5-15(13-17)14-22(16-8-9-16)19(23)21-11-12-25-18-7-2-3-10-20-18/h2-7,10,13,16H,8-9,11-12,14H2,1H3,(H,21,23). The second-order valence-electron chi connectivity index (χ2n) is 5.96. The molecule has 0 bridgehead atoms. The van der Waals surface area contributed by atoms with Crippen molar-refractivity contribution in [3.05, 3.63) is 54.2 Å². The largest absolute Gasteiger partial charge is 0.497 e. The Morgan fingerprint density at radius 3 is 2.92 bits per heavy atom. The lowest BCUT2D eigenvalue weighted by molar-refractivity contribution is 0.192. The molecule has 1 aromatic carbocycles. The van der Waals surface area contributed by atoms with Crippen LogP contribution in [0.2, 0.25) is 0 Å². The maximum absolute atomic E-state index is 12.6. The van der Waals surface area contributed by atoms with Crippen LogP contribution in [0.15, 0.2) is 53.7 Å². The molecule has 1 aliphatic carbocycles. The van der Waals surface area contributed by atoms with Crippen LogP contribution in [0.25, 0.3) is 0 Å². The fourth-order valence-electron chi connectivity index (χ4n) is 2.57. The highest BCUT2D eigenvalue weighted by molar-refractivity contribution is 7.99. The van der Waals surface area contributed by atoms with Crippen molar-refractivity contribution in [3.8, 4) is 5.75 Å². The van der Waals surface area contributed by atoms with Crippen LogP contribution < -0.4 is 10.1 Å². The molecule has 0 unspecified atom stereocenters. The number of carbonyl (C=O) groups excluding carboxylic acids is 1. The quantitative estimate of drug-likeness (QED) is 0.580. The van der Waals surface area contributed by atoms with Crippen molar-refractivity contribution in [1.29, 1.82) is 0 Å². The number of hydrogen-bond acceptors (Lipinski definition) is 4. The molecule has 1 N–H and O–H groups in total. The topological polar surface area (TPSA) is 54.5 Å². The summed E-state index contributed by atoms with van der Waals surface area (Å²) < 4.78 is 5.27. The lowest BCUT2D eigenvalue weighted by Crippen LogP contribution is -2.41. The van der Waals surface area contributed by atoms with Gasteiger partial charge >= 0.3 is 6.03 Å². The molecule has 6 heteroatoms. The molecule has 132 valence electrons. The summed E-state index contributed by atoms with van der Waals surface area (Å²) in [7, 11) is 1.66. The first-order chi connectivity index (χ1) is 12.3. The molecule has 0 atom stereocenters. The molecule has 0 aliphatic heterocycles. The van der Waals surface area contributed by atoms with Crippen LogP contribution in [0, 0.1) is 0 Å². The van der Waals surface area contributed by atoms with Crippen molar-refractivity contribution in [1.82, 2.24) is 15.2 Å². The van der Waals surface area contributed by atoms with Gasteiger partial charge in [0.25, 0.3) is 0 Å². The number of nitrogens with one attached hydrogen (secondary N) is 1. The van der Waals surface area contributed by atoms with E-state index in [0.717, 1.165) is 34.9 Å². The normalized spacial score (nSPS) is 13.3. The second-order valence-corrected chi connectivity index (χ2v) is 7.07. The summed E-state index contributed by atoms with van der Waals surface area (Å²) in [5.41, 5.74) is 1.09. The first kappa shape index (κ1) is 17.6. The Labute approximate surface area is 152 Å². The van der Waals surface area contributed by atoms with Gasteiger partial charge < -0.3 is 15.0 Å². The molecule has 1 saturated carbocycles. The Balaban J connectivity index is 1.49. The number of amides is 2. The summed E-state index contributed by atoms with van der Waals surface area (Å²) in [6, 6.07) is 14.1. The zero-order valence-corrected chi connectivity index (χ0v) is 15.2. The van der Waals surface area contributed by atoms with E-state index in [0.29, 0.717) is 19.1 Å². The minimum Gasteiger partial charge on any atom is -0.497 e. The summed E-state index contributed by atoms with van der Waals surface area (Å²) in [6.07, 6.45) is 3.95. The Kier molecular flexibility index (Phi) is 6.17. The van der Waals surface area contributed by atoms with Crippen LogP contribution in [0.5, 0.6) is 5.75 Å². The third-order valence-corrected chi connectivity index (χ3v) is 4.95. The summed E-state index contributed by atoms with van der Waals surface area (Å²) in [5, 5.41) is 4.01. The number of nitrogens with zero attached hydrogens (tertiary/aromatic N) is 2. The Morgan fingerprint density at radius 2 is 2.20 bits per heavy atom. The fourth-order valence-corrected chi connectivity index (χ4v) is 3.29. The zero-order valence-electron chi connectivity index (χ0n) is 14.4. The number of benzene rings is 1. The molecule has 1 fully saturated rings. The van der Waals surface area contributed by atoms with E-state index in [-0.39, 0.29) is 6.03 Å². The number of pyridine rings is 1. The van der Waals surface area contributed by atoms with E-state index in [9.17, 15) is 4.79 Å². The molecule has 25 heavy (non-hydrogen) atoms. The Hall–Kier alpha value is -2.21. The minimum atomic E-state index is 0.00643. The van der Waals surface area contributed by atoms with Crippen LogP contribution in [-0.2, 0) is 6.54 Å². The van der Waals surface area contributed by atoms with Gasteiger partial charge in [0.2, 0.25) is 0 Å². The number of urea groups is 1. The number of methoxy groups -OCH3 is 1. The predicted molar refractivity (Wildman–Crippen MR) is 99.9 cm³/mol. The molecule has 2 aromatic rings. The second kappa shape index (κ2) is 8.76. The van der Waals surface area contributed by atoms with Crippen molar-refractivity contribution in [3.63, 3.8) is 0 Å². The molecule has 0 saturated heterocycles. The summed E-state index contributed by atoms with van der Waals surface area (Å²) in [4.78, 5) is 18.8.